The van der Waals surface area contributed by atoms with Gasteiger partial charge < -0.3 is 16.0 Å². The second kappa shape index (κ2) is 5.71. The van der Waals surface area contributed by atoms with Gasteiger partial charge in [0.15, 0.2) is 0 Å². The van der Waals surface area contributed by atoms with Gasteiger partial charge in [-0.25, -0.2) is 9.18 Å². The molecule has 1 aromatic rings. The van der Waals surface area contributed by atoms with E-state index in [-0.39, 0.29) is 35.8 Å². The van der Waals surface area contributed by atoms with E-state index in [1.165, 1.54) is 12.1 Å². The Morgan fingerprint density at radius 2 is 1.95 bits per heavy atom. The van der Waals surface area contributed by atoms with E-state index in [2.05, 4.69) is 16.0 Å². The standard InChI is InChI=1S/C15H20FN3O2/c1-15(2,3)12(9-4-6-10(16)7-5-9)19-13(20)11-8-17-14(21)18-11/h4-7,11-12H,8H2,1-3H3,(H,19,20)(H2,17,18,21). The molecule has 3 amide bonds. The van der Waals surface area contributed by atoms with E-state index in [0.29, 0.717) is 0 Å². The quantitative estimate of drug-likeness (QED) is 0.794. The number of hydrogen-bond acceptors (Lipinski definition) is 2. The van der Waals surface area contributed by atoms with Crippen molar-refractivity contribution >= 4 is 11.9 Å². The molecule has 6 heteroatoms. The lowest BCUT2D eigenvalue weighted by Crippen LogP contribution is -2.47. The van der Waals surface area contributed by atoms with E-state index < -0.39 is 6.04 Å². The van der Waals surface area contributed by atoms with Crippen molar-refractivity contribution in [2.75, 3.05) is 6.54 Å². The molecular formula is C15H20FN3O2. The maximum atomic E-state index is 13.1. The third-order valence-corrected chi connectivity index (χ3v) is 3.44. The number of urea groups is 1. The Hall–Kier alpha value is -2.11. The molecule has 1 heterocycles. The van der Waals surface area contributed by atoms with Gasteiger partial charge in [-0.05, 0) is 23.1 Å². The summed E-state index contributed by atoms with van der Waals surface area (Å²) in [5.74, 6) is -0.567. The van der Waals surface area contributed by atoms with Crippen molar-refractivity contribution in [3.05, 3.63) is 35.6 Å². The molecule has 0 aromatic heterocycles. The Morgan fingerprint density at radius 3 is 2.43 bits per heavy atom. The number of carbonyl (C=O) groups is 2. The zero-order valence-corrected chi connectivity index (χ0v) is 12.4. The third kappa shape index (κ3) is 3.71. The van der Waals surface area contributed by atoms with E-state index in [1.807, 2.05) is 20.8 Å². The molecule has 0 spiro atoms. The lowest BCUT2D eigenvalue weighted by molar-refractivity contribution is -0.124. The maximum absolute atomic E-state index is 13.1. The van der Waals surface area contributed by atoms with E-state index in [1.54, 1.807) is 12.1 Å². The van der Waals surface area contributed by atoms with Crippen LogP contribution in [0.25, 0.3) is 0 Å². The lowest BCUT2D eigenvalue weighted by Gasteiger charge is -2.32. The molecule has 21 heavy (non-hydrogen) atoms. The Bertz CT molecular complexity index is 537. The number of amides is 3. The second-order valence-electron chi connectivity index (χ2n) is 6.27. The zero-order chi connectivity index (χ0) is 15.6. The van der Waals surface area contributed by atoms with Gasteiger partial charge in [0.1, 0.15) is 11.9 Å². The minimum Gasteiger partial charge on any atom is -0.347 e. The van der Waals surface area contributed by atoms with Crippen molar-refractivity contribution in [3.63, 3.8) is 0 Å². The molecule has 1 saturated heterocycles. The van der Waals surface area contributed by atoms with Crippen LogP contribution in [-0.2, 0) is 4.79 Å². The smallest absolute Gasteiger partial charge is 0.315 e. The highest BCUT2D eigenvalue weighted by Crippen LogP contribution is 2.32. The Balaban J connectivity index is 2.15. The topological polar surface area (TPSA) is 70.2 Å². The first-order valence-corrected chi connectivity index (χ1v) is 6.87. The summed E-state index contributed by atoms with van der Waals surface area (Å²) in [5.41, 5.74) is 0.582. The molecule has 114 valence electrons. The van der Waals surface area contributed by atoms with E-state index in [9.17, 15) is 14.0 Å². The molecule has 1 aromatic carbocycles. The average Bonchev–Trinajstić information content (AvgIpc) is 2.82. The average molecular weight is 293 g/mol. The van der Waals surface area contributed by atoms with Crippen molar-refractivity contribution < 1.29 is 14.0 Å². The summed E-state index contributed by atoms with van der Waals surface area (Å²) in [7, 11) is 0. The normalized spacial score (nSPS) is 19.6. The summed E-state index contributed by atoms with van der Waals surface area (Å²) in [5, 5.41) is 8.04. The zero-order valence-electron chi connectivity index (χ0n) is 12.4. The second-order valence-corrected chi connectivity index (χ2v) is 6.27. The van der Waals surface area contributed by atoms with E-state index in [4.69, 9.17) is 0 Å². The van der Waals surface area contributed by atoms with Gasteiger partial charge in [-0.1, -0.05) is 32.9 Å². The van der Waals surface area contributed by atoms with Crippen LogP contribution < -0.4 is 16.0 Å². The van der Waals surface area contributed by atoms with Gasteiger partial charge in [-0.15, -0.1) is 0 Å². The van der Waals surface area contributed by atoms with Crippen LogP contribution in [-0.4, -0.2) is 24.5 Å². The Kier molecular flexibility index (Phi) is 4.16. The van der Waals surface area contributed by atoms with Gasteiger partial charge in [-0.3, -0.25) is 4.79 Å². The summed E-state index contributed by atoms with van der Waals surface area (Å²) >= 11 is 0. The molecule has 0 aliphatic carbocycles. The molecule has 0 saturated carbocycles. The van der Waals surface area contributed by atoms with Gasteiger partial charge in [0.25, 0.3) is 0 Å². The predicted molar refractivity (Wildman–Crippen MR) is 77.1 cm³/mol. The fraction of sp³-hybridized carbons (Fsp3) is 0.467. The van der Waals surface area contributed by atoms with Crippen LogP contribution in [0.15, 0.2) is 24.3 Å². The van der Waals surface area contributed by atoms with Gasteiger partial charge in [0, 0.05) is 6.54 Å². The molecule has 0 radical (unpaired) electrons. The molecular weight excluding hydrogens is 273 g/mol. The number of benzene rings is 1. The fourth-order valence-electron chi connectivity index (χ4n) is 2.31. The van der Waals surface area contributed by atoms with Crippen molar-refractivity contribution in [1.29, 1.82) is 0 Å². The minimum atomic E-state index is -0.581. The highest BCUT2D eigenvalue weighted by atomic mass is 19.1. The summed E-state index contributed by atoms with van der Waals surface area (Å²) < 4.78 is 13.1. The monoisotopic (exact) mass is 293 g/mol. The molecule has 2 rings (SSSR count). The van der Waals surface area contributed by atoms with Crippen LogP contribution in [0.3, 0.4) is 0 Å². The molecule has 0 bridgehead atoms. The first-order valence-electron chi connectivity index (χ1n) is 6.87. The number of carbonyl (C=O) groups excluding carboxylic acids is 2. The highest BCUT2D eigenvalue weighted by molar-refractivity contribution is 5.90. The predicted octanol–water partition coefficient (Wildman–Crippen LogP) is 1.71. The molecule has 3 N–H and O–H groups in total. The van der Waals surface area contributed by atoms with Gasteiger partial charge in [0.2, 0.25) is 5.91 Å². The largest absolute Gasteiger partial charge is 0.347 e. The molecule has 2 atom stereocenters. The molecule has 1 aliphatic rings. The first kappa shape index (κ1) is 15.3. The van der Waals surface area contributed by atoms with Crippen LogP contribution in [0.2, 0.25) is 0 Å². The van der Waals surface area contributed by atoms with E-state index >= 15 is 0 Å². The van der Waals surface area contributed by atoms with Crippen LogP contribution in [0.1, 0.15) is 32.4 Å². The summed E-state index contributed by atoms with van der Waals surface area (Å²) in [6.45, 7) is 6.25. The first-order chi connectivity index (χ1) is 9.77. The van der Waals surface area contributed by atoms with Crippen molar-refractivity contribution in [2.24, 2.45) is 5.41 Å². The van der Waals surface area contributed by atoms with Crippen molar-refractivity contribution in [1.82, 2.24) is 16.0 Å². The van der Waals surface area contributed by atoms with Crippen LogP contribution in [0, 0.1) is 11.2 Å². The highest BCUT2D eigenvalue weighted by Gasteiger charge is 2.32. The Morgan fingerprint density at radius 1 is 1.33 bits per heavy atom. The van der Waals surface area contributed by atoms with Gasteiger partial charge in [-0.2, -0.15) is 0 Å². The summed E-state index contributed by atoms with van der Waals surface area (Å²) in [4.78, 5) is 23.4. The van der Waals surface area contributed by atoms with Gasteiger partial charge >= 0.3 is 6.03 Å². The number of rotatable bonds is 3. The number of halogens is 1. The third-order valence-electron chi connectivity index (χ3n) is 3.44. The SMILES string of the molecule is CC(C)(C)C(NC(=O)C1CNC(=O)N1)c1ccc(F)cc1. The molecule has 5 nitrogen and oxygen atoms in total. The molecule has 1 fully saturated rings. The van der Waals surface area contributed by atoms with Crippen LogP contribution >= 0.6 is 0 Å². The summed E-state index contributed by atoms with van der Waals surface area (Å²) in [6.07, 6.45) is 0. The number of hydrogen-bond donors (Lipinski definition) is 3. The molecule has 1 aliphatic heterocycles. The number of nitrogens with one attached hydrogen (secondary N) is 3. The lowest BCUT2D eigenvalue weighted by atomic mass is 9.82. The van der Waals surface area contributed by atoms with Crippen LogP contribution in [0.4, 0.5) is 9.18 Å². The van der Waals surface area contributed by atoms with Gasteiger partial charge in [0.05, 0.1) is 6.04 Å². The minimum absolute atomic E-state index is 0.246. The summed E-state index contributed by atoms with van der Waals surface area (Å²) in [6, 6.07) is 4.88. The van der Waals surface area contributed by atoms with Crippen molar-refractivity contribution in [2.45, 2.75) is 32.9 Å². The Labute approximate surface area is 123 Å². The van der Waals surface area contributed by atoms with Crippen molar-refractivity contribution in [3.8, 4) is 0 Å². The fourth-order valence-corrected chi connectivity index (χ4v) is 2.31. The maximum Gasteiger partial charge on any atom is 0.315 e. The van der Waals surface area contributed by atoms with E-state index in [0.717, 1.165) is 5.56 Å². The van der Waals surface area contributed by atoms with Crippen LogP contribution in [0.5, 0.6) is 0 Å². The molecule has 2 unspecified atom stereocenters.